The van der Waals surface area contributed by atoms with Crippen LogP contribution in [0.3, 0.4) is 0 Å². The molecule has 0 aliphatic heterocycles. The molecule has 0 aromatic carbocycles. The molecule has 138 valence electrons. The van der Waals surface area contributed by atoms with Crippen molar-refractivity contribution in [3.05, 3.63) is 12.2 Å². The summed E-state index contributed by atoms with van der Waals surface area (Å²) in [5.74, 6) is -0.268. The molecule has 0 rings (SSSR count). The minimum absolute atomic E-state index is 0.146. The van der Waals surface area contributed by atoms with Crippen LogP contribution in [0.4, 0.5) is 0 Å². The standard InChI is InChI=1S/C19H33NO4/c1-13(2)10-19(12-22,15(5)6)20(9)17(23)16(14(3)4)24-18(7,8)11-21/h11-14,16H,5,10H2,1-4,6-9H3. The molecule has 0 saturated carbocycles. The molecule has 0 bridgehead atoms. The lowest BCUT2D eigenvalue weighted by atomic mass is 9.82. The van der Waals surface area contributed by atoms with Gasteiger partial charge in [-0.3, -0.25) is 4.79 Å². The van der Waals surface area contributed by atoms with Crippen LogP contribution in [0.1, 0.15) is 54.9 Å². The van der Waals surface area contributed by atoms with Crippen molar-refractivity contribution in [1.29, 1.82) is 0 Å². The third-order valence-corrected chi connectivity index (χ3v) is 4.15. The van der Waals surface area contributed by atoms with E-state index in [2.05, 4.69) is 6.58 Å². The molecule has 0 aliphatic rings. The van der Waals surface area contributed by atoms with E-state index in [1.54, 1.807) is 27.8 Å². The zero-order chi connectivity index (χ0) is 19.3. The van der Waals surface area contributed by atoms with Crippen molar-refractivity contribution >= 4 is 18.5 Å². The molecule has 2 atom stereocenters. The van der Waals surface area contributed by atoms with E-state index >= 15 is 0 Å². The fourth-order valence-corrected chi connectivity index (χ4v) is 2.66. The summed E-state index contributed by atoms with van der Waals surface area (Å²) in [7, 11) is 1.60. The summed E-state index contributed by atoms with van der Waals surface area (Å²) in [6, 6.07) is 0. The highest BCUT2D eigenvalue weighted by Crippen LogP contribution is 2.30. The zero-order valence-electron chi connectivity index (χ0n) is 16.4. The number of carbonyl (C=O) groups is 3. The molecule has 0 aromatic rings. The molecule has 0 spiro atoms. The summed E-state index contributed by atoms with van der Waals surface area (Å²) >= 11 is 0. The normalized spacial score (nSPS) is 15.8. The Hall–Kier alpha value is -1.49. The van der Waals surface area contributed by atoms with Crippen molar-refractivity contribution in [2.75, 3.05) is 7.05 Å². The Morgan fingerprint density at radius 3 is 1.96 bits per heavy atom. The number of ether oxygens (including phenoxy) is 1. The highest BCUT2D eigenvalue weighted by Gasteiger charge is 2.43. The van der Waals surface area contributed by atoms with Gasteiger partial charge in [-0.15, -0.1) is 0 Å². The summed E-state index contributed by atoms with van der Waals surface area (Å²) in [5.41, 5.74) is -1.54. The molecule has 0 saturated heterocycles. The second-order valence-electron chi connectivity index (χ2n) is 7.82. The number of aldehydes is 2. The van der Waals surface area contributed by atoms with Crippen LogP contribution < -0.4 is 0 Å². The number of rotatable bonds is 10. The fourth-order valence-electron chi connectivity index (χ4n) is 2.66. The Kier molecular flexibility index (Phi) is 8.03. The molecule has 0 N–H and O–H groups in total. The van der Waals surface area contributed by atoms with Gasteiger partial charge in [0.1, 0.15) is 23.5 Å². The minimum Gasteiger partial charge on any atom is -0.355 e. The average Bonchev–Trinajstić information content (AvgIpc) is 2.48. The molecule has 0 heterocycles. The molecule has 0 aliphatic carbocycles. The fraction of sp³-hybridized carbons (Fsp3) is 0.737. The zero-order valence-corrected chi connectivity index (χ0v) is 16.4. The molecular weight excluding hydrogens is 306 g/mol. The molecule has 5 nitrogen and oxygen atoms in total. The van der Waals surface area contributed by atoms with Gasteiger partial charge in [0.15, 0.2) is 6.29 Å². The Morgan fingerprint density at radius 2 is 1.67 bits per heavy atom. The Bertz CT molecular complexity index is 482. The summed E-state index contributed by atoms with van der Waals surface area (Å²) in [6.07, 6.45) is 1.13. The first kappa shape index (κ1) is 22.5. The summed E-state index contributed by atoms with van der Waals surface area (Å²) in [5, 5.41) is 0. The molecule has 0 aromatic heterocycles. The third kappa shape index (κ3) is 5.26. The van der Waals surface area contributed by atoms with Gasteiger partial charge in [-0.05, 0) is 44.6 Å². The number of hydrogen-bond donors (Lipinski definition) is 0. The van der Waals surface area contributed by atoms with Crippen molar-refractivity contribution in [3.63, 3.8) is 0 Å². The lowest BCUT2D eigenvalue weighted by Crippen LogP contribution is -2.57. The molecule has 0 fully saturated rings. The van der Waals surface area contributed by atoms with E-state index in [9.17, 15) is 14.4 Å². The maximum atomic E-state index is 13.1. The van der Waals surface area contributed by atoms with Gasteiger partial charge in [0.2, 0.25) is 0 Å². The van der Waals surface area contributed by atoms with Crippen molar-refractivity contribution in [2.24, 2.45) is 11.8 Å². The van der Waals surface area contributed by atoms with E-state index in [0.29, 0.717) is 18.3 Å². The van der Waals surface area contributed by atoms with Crippen molar-refractivity contribution in [1.82, 2.24) is 4.90 Å². The van der Waals surface area contributed by atoms with E-state index in [0.717, 1.165) is 6.29 Å². The Morgan fingerprint density at radius 1 is 1.17 bits per heavy atom. The second kappa shape index (κ2) is 8.56. The number of amides is 1. The molecule has 5 heteroatoms. The lowest BCUT2D eigenvalue weighted by Gasteiger charge is -2.42. The van der Waals surface area contributed by atoms with Gasteiger partial charge in [-0.25, -0.2) is 0 Å². The summed E-state index contributed by atoms with van der Waals surface area (Å²) in [6.45, 7) is 16.6. The summed E-state index contributed by atoms with van der Waals surface area (Å²) in [4.78, 5) is 37.6. The quantitative estimate of drug-likeness (QED) is 0.453. The highest BCUT2D eigenvalue weighted by atomic mass is 16.5. The SMILES string of the molecule is C=C(C)C(C=O)(CC(C)C)N(C)C(=O)C(OC(C)(C)C=O)C(C)C. The highest BCUT2D eigenvalue weighted by molar-refractivity contribution is 5.87. The maximum Gasteiger partial charge on any atom is 0.252 e. The predicted molar refractivity (Wildman–Crippen MR) is 95.7 cm³/mol. The van der Waals surface area contributed by atoms with Gasteiger partial charge in [-0.1, -0.05) is 34.3 Å². The van der Waals surface area contributed by atoms with Crippen molar-refractivity contribution in [3.8, 4) is 0 Å². The van der Waals surface area contributed by atoms with Crippen molar-refractivity contribution < 1.29 is 19.1 Å². The van der Waals surface area contributed by atoms with E-state index in [1.807, 2.05) is 27.7 Å². The number of hydrogen-bond acceptors (Lipinski definition) is 4. The predicted octanol–water partition coefficient (Wildman–Crippen LogP) is 3.02. The molecule has 1 amide bonds. The van der Waals surface area contributed by atoms with E-state index in [-0.39, 0.29) is 17.7 Å². The van der Waals surface area contributed by atoms with E-state index < -0.39 is 17.2 Å². The first-order chi connectivity index (χ1) is 10.8. The van der Waals surface area contributed by atoms with Crippen LogP contribution in [-0.2, 0) is 19.1 Å². The van der Waals surface area contributed by atoms with Gasteiger partial charge < -0.3 is 19.2 Å². The smallest absolute Gasteiger partial charge is 0.252 e. The lowest BCUT2D eigenvalue weighted by molar-refractivity contribution is -0.165. The minimum atomic E-state index is -1.08. The number of carbonyl (C=O) groups excluding carboxylic acids is 3. The molecule has 2 unspecified atom stereocenters. The first-order valence-corrected chi connectivity index (χ1v) is 8.38. The van der Waals surface area contributed by atoms with E-state index in [4.69, 9.17) is 4.74 Å². The van der Waals surface area contributed by atoms with Gasteiger partial charge in [0.25, 0.3) is 5.91 Å². The molecule has 0 radical (unpaired) electrons. The van der Waals surface area contributed by atoms with Crippen LogP contribution in [0, 0.1) is 11.8 Å². The van der Waals surface area contributed by atoms with Gasteiger partial charge in [-0.2, -0.15) is 0 Å². The van der Waals surface area contributed by atoms with Crippen LogP contribution in [0.15, 0.2) is 12.2 Å². The Balaban J connectivity index is 5.78. The molecular formula is C19H33NO4. The van der Waals surface area contributed by atoms with Crippen molar-refractivity contribution in [2.45, 2.75) is 72.1 Å². The Labute approximate surface area is 146 Å². The average molecular weight is 339 g/mol. The summed E-state index contributed by atoms with van der Waals surface area (Å²) < 4.78 is 5.75. The van der Waals surface area contributed by atoms with Gasteiger partial charge >= 0.3 is 0 Å². The first-order valence-electron chi connectivity index (χ1n) is 8.38. The maximum absolute atomic E-state index is 13.1. The van der Waals surface area contributed by atoms with E-state index in [1.165, 1.54) is 4.90 Å². The monoisotopic (exact) mass is 339 g/mol. The third-order valence-electron chi connectivity index (χ3n) is 4.15. The topological polar surface area (TPSA) is 63.7 Å². The number of likely N-dealkylation sites (N-methyl/N-ethyl adjacent to an activating group) is 1. The van der Waals surface area contributed by atoms with Crippen LogP contribution in [0.25, 0.3) is 0 Å². The second-order valence-corrected chi connectivity index (χ2v) is 7.82. The van der Waals surface area contributed by atoms with Crippen LogP contribution >= 0.6 is 0 Å². The van der Waals surface area contributed by atoms with Crippen LogP contribution in [0.5, 0.6) is 0 Å². The van der Waals surface area contributed by atoms with Gasteiger partial charge in [0.05, 0.1) is 0 Å². The van der Waals surface area contributed by atoms with Crippen LogP contribution in [0.2, 0.25) is 0 Å². The van der Waals surface area contributed by atoms with Crippen LogP contribution in [-0.4, -0.2) is 47.7 Å². The molecule has 24 heavy (non-hydrogen) atoms. The van der Waals surface area contributed by atoms with Gasteiger partial charge in [0, 0.05) is 7.05 Å². The number of nitrogens with zero attached hydrogens (tertiary/aromatic N) is 1. The largest absolute Gasteiger partial charge is 0.355 e.